The second-order valence-electron chi connectivity index (χ2n) is 5.06. The Bertz CT molecular complexity index is 562. The van der Waals surface area contributed by atoms with Gasteiger partial charge in [-0.15, -0.1) is 0 Å². The van der Waals surface area contributed by atoms with E-state index in [9.17, 15) is 0 Å². The Morgan fingerprint density at radius 3 is 2.15 bits per heavy atom. The van der Waals surface area contributed by atoms with Gasteiger partial charge in [-0.25, -0.2) is 0 Å². The fraction of sp³-hybridized carbons (Fsp3) is 0.222. The van der Waals surface area contributed by atoms with Crippen molar-refractivity contribution in [3.63, 3.8) is 0 Å². The summed E-state index contributed by atoms with van der Waals surface area (Å²) in [5.74, 6) is 0. The number of hydrogen-bond donors (Lipinski definition) is 0. The molecule has 0 saturated heterocycles. The molecule has 0 aromatic heterocycles. The molecule has 2 aromatic carbocycles. The van der Waals surface area contributed by atoms with Crippen LogP contribution in [0, 0.1) is 0 Å². The SMILES string of the molecule is CCCN1C=CN(c2ccccc2)C1c1ccccc1. The van der Waals surface area contributed by atoms with E-state index in [4.69, 9.17) is 0 Å². The van der Waals surface area contributed by atoms with Crippen molar-refractivity contribution in [3.05, 3.63) is 78.6 Å². The van der Waals surface area contributed by atoms with Crippen LogP contribution in [0.4, 0.5) is 5.69 Å². The van der Waals surface area contributed by atoms with Crippen LogP contribution in [0.1, 0.15) is 25.1 Å². The Morgan fingerprint density at radius 1 is 0.850 bits per heavy atom. The minimum absolute atomic E-state index is 0.263. The number of para-hydroxylation sites is 1. The van der Waals surface area contributed by atoms with E-state index in [1.807, 2.05) is 0 Å². The van der Waals surface area contributed by atoms with Crippen molar-refractivity contribution in [2.24, 2.45) is 0 Å². The van der Waals surface area contributed by atoms with Crippen molar-refractivity contribution in [1.82, 2.24) is 4.90 Å². The largest absolute Gasteiger partial charge is 0.352 e. The highest BCUT2D eigenvalue weighted by Crippen LogP contribution is 2.34. The molecule has 1 unspecified atom stereocenters. The molecule has 1 atom stereocenters. The van der Waals surface area contributed by atoms with E-state index >= 15 is 0 Å². The molecule has 0 radical (unpaired) electrons. The first kappa shape index (κ1) is 12.8. The van der Waals surface area contributed by atoms with Crippen LogP contribution in [0.25, 0.3) is 0 Å². The first-order chi connectivity index (χ1) is 9.90. The first-order valence-electron chi connectivity index (χ1n) is 7.22. The Kier molecular flexibility index (Phi) is 3.73. The molecule has 20 heavy (non-hydrogen) atoms. The molecule has 0 saturated carbocycles. The lowest BCUT2D eigenvalue weighted by Crippen LogP contribution is -2.31. The van der Waals surface area contributed by atoms with Crippen molar-refractivity contribution in [2.75, 3.05) is 11.4 Å². The molecule has 2 heteroatoms. The minimum Gasteiger partial charge on any atom is -0.352 e. The lowest BCUT2D eigenvalue weighted by Gasteiger charge is -2.33. The molecule has 3 rings (SSSR count). The quantitative estimate of drug-likeness (QED) is 0.808. The van der Waals surface area contributed by atoms with Crippen molar-refractivity contribution < 1.29 is 0 Å². The Balaban J connectivity index is 1.96. The van der Waals surface area contributed by atoms with Crippen molar-refractivity contribution in [3.8, 4) is 0 Å². The molecule has 1 heterocycles. The molecule has 102 valence electrons. The average molecular weight is 264 g/mol. The third-order valence-electron chi connectivity index (χ3n) is 3.63. The highest BCUT2D eigenvalue weighted by molar-refractivity contribution is 5.53. The van der Waals surface area contributed by atoms with Gasteiger partial charge < -0.3 is 9.80 Å². The van der Waals surface area contributed by atoms with Crippen LogP contribution in [0.5, 0.6) is 0 Å². The number of benzene rings is 2. The summed E-state index contributed by atoms with van der Waals surface area (Å²) in [6, 6.07) is 21.3. The summed E-state index contributed by atoms with van der Waals surface area (Å²) in [6.07, 6.45) is 5.80. The standard InChI is InChI=1S/C18H20N2/c1-2-13-19-14-15-20(17-11-7-4-8-12-17)18(19)16-9-5-3-6-10-16/h3-12,14-15,18H,2,13H2,1H3. The summed E-state index contributed by atoms with van der Waals surface area (Å²) in [4.78, 5) is 4.74. The number of hydrogen-bond acceptors (Lipinski definition) is 2. The summed E-state index contributed by atoms with van der Waals surface area (Å²) in [5.41, 5.74) is 2.56. The van der Waals surface area contributed by atoms with Crippen molar-refractivity contribution >= 4 is 5.69 Å². The van der Waals surface area contributed by atoms with E-state index in [1.54, 1.807) is 0 Å². The summed E-state index contributed by atoms with van der Waals surface area (Å²) in [7, 11) is 0. The highest BCUT2D eigenvalue weighted by atomic mass is 15.4. The van der Waals surface area contributed by atoms with Gasteiger partial charge in [-0.3, -0.25) is 0 Å². The topological polar surface area (TPSA) is 6.48 Å². The van der Waals surface area contributed by atoms with Crippen LogP contribution >= 0.6 is 0 Å². The monoisotopic (exact) mass is 264 g/mol. The molecular formula is C18H20N2. The number of rotatable bonds is 4. The zero-order chi connectivity index (χ0) is 13.8. The average Bonchev–Trinajstić information content (AvgIpc) is 2.93. The van der Waals surface area contributed by atoms with Gasteiger partial charge in [0.25, 0.3) is 0 Å². The van der Waals surface area contributed by atoms with Gasteiger partial charge in [0.05, 0.1) is 0 Å². The molecule has 1 aliphatic heterocycles. The van der Waals surface area contributed by atoms with Crippen LogP contribution < -0.4 is 4.90 Å². The lowest BCUT2D eigenvalue weighted by atomic mass is 10.1. The fourth-order valence-corrected chi connectivity index (χ4v) is 2.74. The molecule has 2 nitrogen and oxygen atoms in total. The summed E-state index contributed by atoms with van der Waals surface area (Å²) in [5, 5.41) is 0. The Morgan fingerprint density at radius 2 is 1.50 bits per heavy atom. The van der Waals surface area contributed by atoms with Crippen LogP contribution in [0.2, 0.25) is 0 Å². The maximum absolute atomic E-state index is 2.41. The molecule has 0 fully saturated rings. The van der Waals surface area contributed by atoms with Gasteiger partial charge in [-0.05, 0) is 24.1 Å². The Hall–Kier alpha value is -2.22. The van der Waals surface area contributed by atoms with Gasteiger partial charge in [-0.2, -0.15) is 0 Å². The fourth-order valence-electron chi connectivity index (χ4n) is 2.74. The number of anilines is 1. The summed E-state index contributed by atoms with van der Waals surface area (Å²) in [6.45, 7) is 3.29. The van der Waals surface area contributed by atoms with E-state index < -0.39 is 0 Å². The van der Waals surface area contributed by atoms with E-state index in [0.717, 1.165) is 13.0 Å². The van der Waals surface area contributed by atoms with E-state index in [0.29, 0.717) is 0 Å². The van der Waals surface area contributed by atoms with E-state index in [-0.39, 0.29) is 6.17 Å². The van der Waals surface area contributed by atoms with Crippen molar-refractivity contribution in [1.29, 1.82) is 0 Å². The number of nitrogens with zero attached hydrogens (tertiary/aromatic N) is 2. The third-order valence-corrected chi connectivity index (χ3v) is 3.63. The van der Waals surface area contributed by atoms with Crippen LogP contribution in [0.3, 0.4) is 0 Å². The predicted molar refractivity (Wildman–Crippen MR) is 84.2 cm³/mol. The predicted octanol–water partition coefficient (Wildman–Crippen LogP) is 4.39. The molecule has 0 amide bonds. The van der Waals surface area contributed by atoms with Crippen molar-refractivity contribution in [2.45, 2.75) is 19.5 Å². The second kappa shape index (κ2) is 5.83. The zero-order valence-electron chi connectivity index (χ0n) is 11.8. The zero-order valence-corrected chi connectivity index (χ0v) is 11.8. The van der Waals surface area contributed by atoms with Crippen LogP contribution in [-0.4, -0.2) is 11.4 Å². The molecular weight excluding hydrogens is 244 g/mol. The second-order valence-corrected chi connectivity index (χ2v) is 5.06. The maximum Gasteiger partial charge on any atom is 0.132 e. The normalized spacial score (nSPS) is 17.8. The lowest BCUT2D eigenvalue weighted by molar-refractivity contribution is 0.306. The van der Waals surface area contributed by atoms with Gasteiger partial charge >= 0.3 is 0 Å². The van der Waals surface area contributed by atoms with E-state index in [1.165, 1.54) is 11.3 Å². The molecule has 0 aliphatic carbocycles. The highest BCUT2D eigenvalue weighted by Gasteiger charge is 2.27. The molecule has 0 N–H and O–H groups in total. The van der Waals surface area contributed by atoms with Gasteiger partial charge in [0.2, 0.25) is 0 Å². The maximum atomic E-state index is 2.41. The third kappa shape index (κ3) is 2.42. The van der Waals surface area contributed by atoms with Crippen LogP contribution in [-0.2, 0) is 0 Å². The van der Waals surface area contributed by atoms with Gasteiger partial charge in [0, 0.05) is 24.6 Å². The van der Waals surface area contributed by atoms with Gasteiger partial charge in [0.1, 0.15) is 6.17 Å². The molecule has 0 bridgehead atoms. The van der Waals surface area contributed by atoms with E-state index in [2.05, 4.69) is 89.8 Å². The summed E-state index contributed by atoms with van der Waals surface area (Å²) >= 11 is 0. The first-order valence-corrected chi connectivity index (χ1v) is 7.22. The smallest absolute Gasteiger partial charge is 0.132 e. The molecule has 1 aliphatic rings. The summed E-state index contributed by atoms with van der Waals surface area (Å²) < 4.78 is 0. The van der Waals surface area contributed by atoms with Gasteiger partial charge in [0.15, 0.2) is 0 Å². The van der Waals surface area contributed by atoms with Gasteiger partial charge in [-0.1, -0.05) is 55.5 Å². The van der Waals surface area contributed by atoms with Crippen LogP contribution in [0.15, 0.2) is 73.1 Å². The molecule has 2 aromatic rings. The Labute approximate surface area is 121 Å². The minimum atomic E-state index is 0.263. The molecule has 0 spiro atoms.